The molecule has 1 aromatic heterocycles. The fraction of sp³-hybridized carbons (Fsp3) is 0.667. The summed E-state index contributed by atoms with van der Waals surface area (Å²) >= 11 is 0. The van der Waals surface area contributed by atoms with E-state index in [9.17, 15) is 0 Å². The van der Waals surface area contributed by atoms with E-state index < -0.39 is 0 Å². The van der Waals surface area contributed by atoms with Crippen LogP contribution in [0.5, 0.6) is 0 Å². The van der Waals surface area contributed by atoms with Gasteiger partial charge >= 0.3 is 0 Å². The van der Waals surface area contributed by atoms with Crippen molar-refractivity contribution < 1.29 is 4.74 Å². The summed E-state index contributed by atoms with van der Waals surface area (Å²) < 4.78 is 5.50. The molecular weight excluding hydrogens is 224 g/mol. The minimum Gasteiger partial charge on any atom is -0.381 e. The number of aromatic nitrogens is 1. The monoisotopic (exact) mass is 248 g/mol. The normalized spacial score (nSPS) is 20.0. The van der Waals surface area contributed by atoms with Gasteiger partial charge in [0.05, 0.1) is 12.3 Å². The first-order valence-electron chi connectivity index (χ1n) is 6.79. The molecule has 2 heterocycles. The molecule has 1 atom stereocenters. The van der Waals surface area contributed by atoms with Gasteiger partial charge in [-0.15, -0.1) is 0 Å². The summed E-state index contributed by atoms with van der Waals surface area (Å²) in [5, 5.41) is 0. The largest absolute Gasteiger partial charge is 0.381 e. The summed E-state index contributed by atoms with van der Waals surface area (Å²) in [5.41, 5.74) is 3.78. The molecular formula is C15H24N2O. The zero-order valence-electron chi connectivity index (χ0n) is 11.9. The van der Waals surface area contributed by atoms with Gasteiger partial charge in [-0.05, 0) is 44.1 Å². The van der Waals surface area contributed by atoms with Crippen molar-refractivity contribution in [1.82, 2.24) is 9.88 Å². The van der Waals surface area contributed by atoms with E-state index in [0.717, 1.165) is 26.2 Å². The number of nitrogens with zero attached hydrogens (tertiary/aromatic N) is 2. The zero-order chi connectivity index (χ0) is 13.1. The highest BCUT2D eigenvalue weighted by Gasteiger charge is 2.19. The molecule has 0 radical (unpaired) electrons. The minimum atomic E-state index is 0.480. The Bertz CT molecular complexity index is 395. The van der Waals surface area contributed by atoms with Gasteiger partial charge in [-0.2, -0.15) is 0 Å². The highest BCUT2D eigenvalue weighted by Crippen LogP contribution is 2.27. The van der Waals surface area contributed by atoms with Crippen LogP contribution in [-0.4, -0.2) is 37.2 Å². The lowest BCUT2D eigenvalue weighted by atomic mass is 9.95. The third-order valence-corrected chi connectivity index (χ3v) is 3.39. The van der Waals surface area contributed by atoms with Crippen LogP contribution in [0.4, 0.5) is 0 Å². The van der Waals surface area contributed by atoms with Crippen molar-refractivity contribution in [2.45, 2.75) is 38.6 Å². The molecule has 1 aromatic rings. The summed E-state index contributed by atoms with van der Waals surface area (Å²) in [6.45, 7) is 7.07. The third kappa shape index (κ3) is 3.30. The fourth-order valence-corrected chi connectivity index (χ4v) is 2.37. The van der Waals surface area contributed by atoms with Crippen molar-refractivity contribution in [2.75, 3.05) is 27.3 Å². The first kappa shape index (κ1) is 13.5. The van der Waals surface area contributed by atoms with Gasteiger partial charge in [0.15, 0.2) is 0 Å². The van der Waals surface area contributed by atoms with Gasteiger partial charge in [-0.3, -0.25) is 4.98 Å². The number of ether oxygens (including phenoxy) is 1. The average molecular weight is 248 g/mol. The van der Waals surface area contributed by atoms with E-state index >= 15 is 0 Å². The second-order valence-electron chi connectivity index (χ2n) is 5.77. The highest BCUT2D eigenvalue weighted by atomic mass is 16.5. The maximum absolute atomic E-state index is 5.50. The third-order valence-electron chi connectivity index (χ3n) is 3.39. The molecule has 100 valence electrons. The number of hydrogen-bond donors (Lipinski definition) is 0. The molecule has 2 rings (SSSR count). The predicted molar refractivity (Wildman–Crippen MR) is 73.9 cm³/mol. The minimum absolute atomic E-state index is 0.480. The Labute approximate surface area is 110 Å². The molecule has 1 fully saturated rings. The van der Waals surface area contributed by atoms with Crippen molar-refractivity contribution in [2.24, 2.45) is 0 Å². The van der Waals surface area contributed by atoms with Crippen molar-refractivity contribution >= 4 is 0 Å². The molecule has 0 amide bonds. The standard InChI is InChI=1S/C15H24N2O/c1-11(2)15-8-13(12-5-6-18-10-12)7-14(16-15)9-17(3)4/h7-8,11-12H,5-6,9-10H2,1-4H3. The van der Waals surface area contributed by atoms with E-state index in [-0.39, 0.29) is 0 Å². The van der Waals surface area contributed by atoms with Gasteiger partial charge < -0.3 is 9.64 Å². The molecule has 0 N–H and O–H groups in total. The summed E-state index contributed by atoms with van der Waals surface area (Å²) in [4.78, 5) is 6.93. The van der Waals surface area contributed by atoms with Crippen LogP contribution in [0.2, 0.25) is 0 Å². The Morgan fingerprint density at radius 3 is 2.72 bits per heavy atom. The van der Waals surface area contributed by atoms with Gasteiger partial charge in [0.1, 0.15) is 0 Å². The van der Waals surface area contributed by atoms with Crippen LogP contribution in [0.15, 0.2) is 12.1 Å². The molecule has 3 nitrogen and oxygen atoms in total. The second kappa shape index (κ2) is 5.81. The molecule has 1 saturated heterocycles. The molecule has 1 aliphatic heterocycles. The Kier molecular flexibility index (Phi) is 4.36. The van der Waals surface area contributed by atoms with Crippen LogP contribution in [0, 0.1) is 0 Å². The highest BCUT2D eigenvalue weighted by molar-refractivity contribution is 5.27. The first-order chi connectivity index (χ1) is 8.56. The van der Waals surface area contributed by atoms with E-state index in [4.69, 9.17) is 9.72 Å². The average Bonchev–Trinajstić information content (AvgIpc) is 2.80. The summed E-state index contributed by atoms with van der Waals surface area (Å²) in [5.74, 6) is 1.04. The zero-order valence-corrected chi connectivity index (χ0v) is 11.9. The lowest BCUT2D eigenvalue weighted by Gasteiger charge is -2.16. The smallest absolute Gasteiger partial charge is 0.0550 e. The van der Waals surface area contributed by atoms with Gasteiger partial charge in [0.2, 0.25) is 0 Å². The summed E-state index contributed by atoms with van der Waals surface area (Å²) in [7, 11) is 4.17. The van der Waals surface area contributed by atoms with E-state index in [2.05, 4.69) is 45.0 Å². The maximum Gasteiger partial charge on any atom is 0.0550 e. The fourth-order valence-electron chi connectivity index (χ4n) is 2.37. The molecule has 0 aromatic carbocycles. The maximum atomic E-state index is 5.50. The van der Waals surface area contributed by atoms with Gasteiger partial charge in [0, 0.05) is 24.8 Å². The molecule has 3 heteroatoms. The van der Waals surface area contributed by atoms with Crippen LogP contribution in [0.25, 0.3) is 0 Å². The predicted octanol–water partition coefficient (Wildman–Crippen LogP) is 2.77. The van der Waals surface area contributed by atoms with Gasteiger partial charge in [-0.1, -0.05) is 13.8 Å². The molecule has 0 bridgehead atoms. The van der Waals surface area contributed by atoms with E-state index in [1.165, 1.54) is 17.0 Å². The molecule has 0 spiro atoms. The summed E-state index contributed by atoms with van der Waals surface area (Å²) in [6, 6.07) is 4.52. The Balaban J connectivity index is 2.29. The molecule has 1 unspecified atom stereocenters. The van der Waals surface area contributed by atoms with E-state index in [0.29, 0.717) is 11.8 Å². The van der Waals surface area contributed by atoms with Crippen molar-refractivity contribution in [1.29, 1.82) is 0 Å². The Morgan fingerprint density at radius 1 is 1.39 bits per heavy atom. The molecule has 0 aliphatic carbocycles. The van der Waals surface area contributed by atoms with E-state index in [1.54, 1.807) is 0 Å². The first-order valence-corrected chi connectivity index (χ1v) is 6.79. The second-order valence-corrected chi connectivity index (χ2v) is 5.77. The van der Waals surface area contributed by atoms with Crippen LogP contribution >= 0.6 is 0 Å². The van der Waals surface area contributed by atoms with Crippen LogP contribution in [0.3, 0.4) is 0 Å². The lowest BCUT2D eigenvalue weighted by molar-refractivity contribution is 0.194. The summed E-state index contributed by atoms with van der Waals surface area (Å²) in [6.07, 6.45) is 1.14. The van der Waals surface area contributed by atoms with E-state index in [1.807, 2.05) is 0 Å². The van der Waals surface area contributed by atoms with Crippen LogP contribution < -0.4 is 0 Å². The topological polar surface area (TPSA) is 25.4 Å². The van der Waals surface area contributed by atoms with Crippen molar-refractivity contribution in [3.05, 3.63) is 29.1 Å². The van der Waals surface area contributed by atoms with Crippen molar-refractivity contribution in [3.8, 4) is 0 Å². The molecule has 0 saturated carbocycles. The SMILES string of the molecule is CC(C)c1cc(C2CCOC2)cc(CN(C)C)n1. The molecule has 1 aliphatic rings. The van der Waals surface area contributed by atoms with Crippen LogP contribution in [-0.2, 0) is 11.3 Å². The van der Waals surface area contributed by atoms with Gasteiger partial charge in [0.25, 0.3) is 0 Å². The Hall–Kier alpha value is -0.930. The number of pyridine rings is 1. The quantitative estimate of drug-likeness (QED) is 0.819. The van der Waals surface area contributed by atoms with Crippen molar-refractivity contribution in [3.63, 3.8) is 0 Å². The number of hydrogen-bond acceptors (Lipinski definition) is 3. The van der Waals surface area contributed by atoms with Gasteiger partial charge in [-0.25, -0.2) is 0 Å². The molecule has 18 heavy (non-hydrogen) atoms. The lowest BCUT2D eigenvalue weighted by Crippen LogP contribution is -2.14. The Morgan fingerprint density at radius 2 is 2.17 bits per heavy atom. The van der Waals surface area contributed by atoms with Crippen LogP contribution in [0.1, 0.15) is 49.1 Å². The number of rotatable bonds is 4.